The molecular formula is C14H26N2O2. The summed E-state index contributed by atoms with van der Waals surface area (Å²) in [6, 6.07) is 0.185. The van der Waals surface area contributed by atoms with Gasteiger partial charge in [-0.2, -0.15) is 0 Å². The third kappa shape index (κ3) is 3.95. The molecule has 0 aromatic carbocycles. The van der Waals surface area contributed by atoms with E-state index in [1.54, 1.807) is 0 Å². The van der Waals surface area contributed by atoms with E-state index in [1.165, 1.54) is 12.8 Å². The van der Waals surface area contributed by atoms with Crippen molar-refractivity contribution in [2.24, 2.45) is 5.92 Å². The summed E-state index contributed by atoms with van der Waals surface area (Å²) in [7, 11) is 0. The van der Waals surface area contributed by atoms with Gasteiger partial charge in [0.05, 0.1) is 13.2 Å². The van der Waals surface area contributed by atoms with E-state index < -0.39 is 0 Å². The Morgan fingerprint density at radius 1 is 1.44 bits per heavy atom. The van der Waals surface area contributed by atoms with Crippen molar-refractivity contribution in [1.82, 2.24) is 10.6 Å². The van der Waals surface area contributed by atoms with Gasteiger partial charge in [0.1, 0.15) is 0 Å². The minimum atomic E-state index is 0.0130. The number of nitrogens with one attached hydrogen (secondary N) is 2. The average Bonchev–Trinajstić information content (AvgIpc) is 2.34. The Morgan fingerprint density at radius 3 is 2.78 bits per heavy atom. The lowest BCUT2D eigenvalue weighted by molar-refractivity contribution is -0.124. The Hall–Kier alpha value is -0.610. The number of rotatable bonds is 3. The highest BCUT2D eigenvalue weighted by Gasteiger charge is 2.31. The molecule has 1 unspecified atom stereocenters. The Morgan fingerprint density at radius 2 is 2.17 bits per heavy atom. The zero-order valence-corrected chi connectivity index (χ0v) is 11.6. The molecule has 2 fully saturated rings. The van der Waals surface area contributed by atoms with Crippen LogP contribution in [0.4, 0.5) is 0 Å². The summed E-state index contributed by atoms with van der Waals surface area (Å²) >= 11 is 0. The lowest BCUT2D eigenvalue weighted by Crippen LogP contribution is -2.51. The first-order valence-electron chi connectivity index (χ1n) is 7.19. The van der Waals surface area contributed by atoms with Crippen molar-refractivity contribution in [2.45, 2.75) is 57.5 Å². The molecule has 0 aromatic heterocycles. The molecule has 0 radical (unpaired) electrons. The number of hydrogen-bond donors (Lipinski definition) is 2. The molecule has 1 saturated heterocycles. The van der Waals surface area contributed by atoms with E-state index in [1.807, 2.05) is 0 Å². The third-order valence-corrected chi connectivity index (χ3v) is 4.25. The van der Waals surface area contributed by atoms with Crippen LogP contribution in [0, 0.1) is 5.92 Å². The van der Waals surface area contributed by atoms with Gasteiger partial charge in [-0.3, -0.25) is 4.79 Å². The number of hydrogen-bond acceptors (Lipinski definition) is 3. The molecule has 1 aliphatic carbocycles. The minimum Gasteiger partial charge on any atom is -0.378 e. The van der Waals surface area contributed by atoms with Crippen LogP contribution in [0.15, 0.2) is 0 Å². The Labute approximate surface area is 110 Å². The van der Waals surface area contributed by atoms with E-state index in [4.69, 9.17) is 4.74 Å². The van der Waals surface area contributed by atoms with E-state index in [-0.39, 0.29) is 17.5 Å². The summed E-state index contributed by atoms with van der Waals surface area (Å²) in [5.74, 6) is 0.971. The molecular weight excluding hydrogens is 228 g/mol. The fraction of sp³-hybridized carbons (Fsp3) is 0.929. The maximum absolute atomic E-state index is 12.1. The van der Waals surface area contributed by atoms with Gasteiger partial charge in [0, 0.05) is 24.5 Å². The zero-order chi connectivity index (χ0) is 13.0. The van der Waals surface area contributed by atoms with Gasteiger partial charge in [-0.15, -0.1) is 0 Å². The first-order chi connectivity index (χ1) is 8.57. The van der Waals surface area contributed by atoms with Crippen molar-refractivity contribution in [3.05, 3.63) is 0 Å². The predicted molar refractivity (Wildman–Crippen MR) is 71.4 cm³/mol. The summed E-state index contributed by atoms with van der Waals surface area (Å²) in [5, 5.41) is 6.55. The van der Waals surface area contributed by atoms with Crippen LogP contribution in [0.2, 0.25) is 0 Å². The topological polar surface area (TPSA) is 50.4 Å². The molecule has 18 heavy (non-hydrogen) atoms. The minimum absolute atomic E-state index is 0.0130. The average molecular weight is 254 g/mol. The predicted octanol–water partition coefficient (Wildman–Crippen LogP) is 1.45. The number of ether oxygens (including phenoxy) is 1. The first kappa shape index (κ1) is 13.8. The smallest absolute Gasteiger partial charge is 0.222 e. The van der Waals surface area contributed by atoms with Gasteiger partial charge >= 0.3 is 0 Å². The van der Waals surface area contributed by atoms with Crippen molar-refractivity contribution in [3.63, 3.8) is 0 Å². The Balaban J connectivity index is 1.75. The van der Waals surface area contributed by atoms with Gasteiger partial charge in [-0.05, 0) is 38.5 Å². The van der Waals surface area contributed by atoms with Gasteiger partial charge in [0.25, 0.3) is 0 Å². The standard InChI is InChI=1S/C14H26N2O2/c1-11-3-5-14(2,6-4-11)16-13(17)9-12-10-18-8-7-15-12/h11-12,15H,3-10H2,1-2H3,(H,16,17). The van der Waals surface area contributed by atoms with E-state index >= 15 is 0 Å². The maximum Gasteiger partial charge on any atom is 0.222 e. The molecule has 1 amide bonds. The van der Waals surface area contributed by atoms with Gasteiger partial charge in [-0.25, -0.2) is 0 Å². The van der Waals surface area contributed by atoms with Crippen LogP contribution < -0.4 is 10.6 Å². The van der Waals surface area contributed by atoms with E-state index in [0.717, 1.165) is 31.9 Å². The van der Waals surface area contributed by atoms with Crippen LogP contribution in [0.3, 0.4) is 0 Å². The van der Waals surface area contributed by atoms with Crippen molar-refractivity contribution >= 4 is 5.91 Å². The molecule has 2 rings (SSSR count). The third-order valence-electron chi connectivity index (χ3n) is 4.25. The Kier molecular flexibility index (Phi) is 4.62. The summed E-state index contributed by atoms with van der Waals surface area (Å²) < 4.78 is 5.37. The molecule has 104 valence electrons. The lowest BCUT2D eigenvalue weighted by atomic mass is 9.78. The summed E-state index contributed by atoms with van der Waals surface area (Å²) in [6.07, 6.45) is 5.19. The van der Waals surface area contributed by atoms with Gasteiger partial charge < -0.3 is 15.4 Å². The van der Waals surface area contributed by atoms with Gasteiger partial charge in [0.15, 0.2) is 0 Å². The van der Waals surface area contributed by atoms with Crippen LogP contribution in [0.25, 0.3) is 0 Å². The molecule has 0 bridgehead atoms. The monoisotopic (exact) mass is 254 g/mol. The molecule has 1 aliphatic heterocycles. The number of carbonyl (C=O) groups is 1. The normalized spacial score (nSPS) is 37.2. The lowest BCUT2D eigenvalue weighted by Gasteiger charge is -2.37. The molecule has 4 nitrogen and oxygen atoms in total. The highest BCUT2D eigenvalue weighted by atomic mass is 16.5. The highest BCUT2D eigenvalue weighted by Crippen LogP contribution is 2.31. The largest absolute Gasteiger partial charge is 0.378 e. The molecule has 1 atom stereocenters. The highest BCUT2D eigenvalue weighted by molar-refractivity contribution is 5.77. The summed E-state index contributed by atoms with van der Waals surface area (Å²) in [6.45, 7) is 6.74. The van der Waals surface area contributed by atoms with E-state index in [0.29, 0.717) is 13.0 Å². The molecule has 4 heteroatoms. The maximum atomic E-state index is 12.1. The van der Waals surface area contributed by atoms with Gasteiger partial charge in [0.2, 0.25) is 5.91 Å². The van der Waals surface area contributed by atoms with Crippen LogP contribution in [0.5, 0.6) is 0 Å². The van der Waals surface area contributed by atoms with Crippen molar-refractivity contribution in [2.75, 3.05) is 19.8 Å². The molecule has 0 aromatic rings. The van der Waals surface area contributed by atoms with Crippen molar-refractivity contribution < 1.29 is 9.53 Å². The zero-order valence-electron chi connectivity index (χ0n) is 11.6. The number of morpholine rings is 1. The SMILES string of the molecule is CC1CCC(C)(NC(=O)CC2COCCN2)CC1. The second-order valence-electron chi connectivity index (χ2n) is 6.22. The second kappa shape index (κ2) is 6.02. The molecule has 2 N–H and O–H groups in total. The second-order valence-corrected chi connectivity index (χ2v) is 6.22. The summed E-state index contributed by atoms with van der Waals surface area (Å²) in [5.41, 5.74) is 0.0130. The first-order valence-corrected chi connectivity index (χ1v) is 7.19. The molecule has 1 saturated carbocycles. The quantitative estimate of drug-likeness (QED) is 0.801. The summed E-state index contributed by atoms with van der Waals surface area (Å²) in [4.78, 5) is 12.1. The van der Waals surface area contributed by atoms with Crippen LogP contribution in [-0.2, 0) is 9.53 Å². The van der Waals surface area contributed by atoms with Crippen LogP contribution in [-0.4, -0.2) is 37.2 Å². The molecule has 1 heterocycles. The van der Waals surface area contributed by atoms with Crippen LogP contribution >= 0.6 is 0 Å². The fourth-order valence-corrected chi connectivity index (χ4v) is 2.89. The number of carbonyl (C=O) groups excluding carboxylic acids is 1. The molecule has 0 spiro atoms. The Bertz CT molecular complexity index is 280. The van der Waals surface area contributed by atoms with Gasteiger partial charge in [-0.1, -0.05) is 6.92 Å². The van der Waals surface area contributed by atoms with Crippen molar-refractivity contribution in [3.8, 4) is 0 Å². The van der Waals surface area contributed by atoms with E-state index in [2.05, 4.69) is 24.5 Å². The molecule has 2 aliphatic rings. The van der Waals surface area contributed by atoms with Crippen LogP contribution in [0.1, 0.15) is 46.0 Å². The van der Waals surface area contributed by atoms with Crippen molar-refractivity contribution in [1.29, 1.82) is 0 Å². The fourth-order valence-electron chi connectivity index (χ4n) is 2.89. The number of amides is 1. The van der Waals surface area contributed by atoms with E-state index in [9.17, 15) is 4.79 Å².